The van der Waals surface area contributed by atoms with Gasteiger partial charge in [0.05, 0.1) is 11.4 Å². The van der Waals surface area contributed by atoms with Gasteiger partial charge < -0.3 is 0 Å². The molecule has 0 aliphatic heterocycles. The molecule has 0 saturated heterocycles. The standard InChI is InChI=1S/C9H9BrN4S/c1-3-7-6(4-5(2)11-12-7)8-13-14-9(10)15-8/h4H,3H2,1-2H3. The maximum absolute atomic E-state index is 4.16. The Morgan fingerprint density at radius 1 is 1.27 bits per heavy atom. The Morgan fingerprint density at radius 3 is 2.67 bits per heavy atom. The zero-order valence-electron chi connectivity index (χ0n) is 8.36. The molecule has 0 radical (unpaired) electrons. The van der Waals surface area contributed by atoms with E-state index in [1.807, 2.05) is 13.0 Å². The molecule has 2 heterocycles. The van der Waals surface area contributed by atoms with Gasteiger partial charge in [-0.1, -0.05) is 18.3 Å². The maximum atomic E-state index is 4.16. The van der Waals surface area contributed by atoms with Gasteiger partial charge in [0.1, 0.15) is 0 Å². The maximum Gasteiger partial charge on any atom is 0.183 e. The monoisotopic (exact) mass is 284 g/mol. The second-order valence-corrected chi connectivity index (χ2v) is 5.31. The van der Waals surface area contributed by atoms with Crippen LogP contribution in [0.25, 0.3) is 10.6 Å². The molecule has 2 aromatic heterocycles. The van der Waals surface area contributed by atoms with Crippen LogP contribution in [0.5, 0.6) is 0 Å². The fourth-order valence-corrected chi connectivity index (χ4v) is 2.42. The molecule has 0 amide bonds. The third kappa shape index (κ3) is 2.21. The van der Waals surface area contributed by atoms with E-state index in [-0.39, 0.29) is 0 Å². The number of hydrogen-bond acceptors (Lipinski definition) is 5. The average molecular weight is 285 g/mol. The Morgan fingerprint density at radius 2 is 2.07 bits per heavy atom. The van der Waals surface area contributed by atoms with E-state index in [4.69, 9.17) is 0 Å². The molecule has 0 unspecified atom stereocenters. The van der Waals surface area contributed by atoms with Gasteiger partial charge >= 0.3 is 0 Å². The van der Waals surface area contributed by atoms with Gasteiger partial charge in [-0.3, -0.25) is 0 Å². The van der Waals surface area contributed by atoms with Gasteiger partial charge in [0.25, 0.3) is 0 Å². The van der Waals surface area contributed by atoms with Crippen LogP contribution in [0.3, 0.4) is 0 Å². The number of aryl methyl sites for hydroxylation is 2. The first-order valence-corrected chi connectivity index (χ1v) is 6.14. The van der Waals surface area contributed by atoms with Crippen molar-refractivity contribution in [3.8, 4) is 10.6 Å². The van der Waals surface area contributed by atoms with Crippen LogP contribution in [-0.4, -0.2) is 20.4 Å². The molecule has 0 aliphatic rings. The topological polar surface area (TPSA) is 51.6 Å². The van der Waals surface area contributed by atoms with E-state index in [1.165, 1.54) is 11.3 Å². The molecule has 0 fully saturated rings. The van der Waals surface area contributed by atoms with Crippen molar-refractivity contribution >= 4 is 27.3 Å². The molecule has 2 rings (SSSR count). The summed E-state index contributed by atoms with van der Waals surface area (Å²) in [6.45, 7) is 3.98. The highest BCUT2D eigenvalue weighted by atomic mass is 79.9. The molecule has 0 atom stereocenters. The second kappa shape index (κ2) is 4.32. The van der Waals surface area contributed by atoms with Crippen molar-refractivity contribution in [3.63, 3.8) is 0 Å². The fourth-order valence-electron chi connectivity index (χ4n) is 1.27. The molecule has 0 N–H and O–H groups in total. The van der Waals surface area contributed by atoms with E-state index in [9.17, 15) is 0 Å². The van der Waals surface area contributed by atoms with Crippen LogP contribution in [0.15, 0.2) is 9.98 Å². The summed E-state index contributed by atoms with van der Waals surface area (Å²) in [7, 11) is 0. The predicted molar refractivity (Wildman–Crippen MR) is 62.8 cm³/mol. The molecule has 78 valence electrons. The van der Waals surface area contributed by atoms with Crippen LogP contribution in [-0.2, 0) is 6.42 Å². The van der Waals surface area contributed by atoms with Gasteiger partial charge in [0, 0.05) is 5.56 Å². The minimum Gasteiger partial charge on any atom is -0.156 e. The fraction of sp³-hybridized carbons (Fsp3) is 0.333. The molecule has 0 aromatic carbocycles. The van der Waals surface area contributed by atoms with E-state index in [2.05, 4.69) is 43.2 Å². The molecule has 4 nitrogen and oxygen atoms in total. The number of rotatable bonds is 2. The molecular formula is C9H9BrN4S. The summed E-state index contributed by atoms with van der Waals surface area (Å²) < 4.78 is 0.786. The molecule has 2 aromatic rings. The zero-order chi connectivity index (χ0) is 10.8. The van der Waals surface area contributed by atoms with Gasteiger partial charge in [-0.25, -0.2) is 0 Å². The highest BCUT2D eigenvalue weighted by Crippen LogP contribution is 2.28. The summed E-state index contributed by atoms with van der Waals surface area (Å²) in [6, 6.07) is 2.00. The van der Waals surface area contributed by atoms with Crippen LogP contribution < -0.4 is 0 Å². The van der Waals surface area contributed by atoms with Gasteiger partial charge in [0.2, 0.25) is 0 Å². The SMILES string of the molecule is CCc1nnc(C)cc1-c1nnc(Br)s1. The third-order valence-corrected chi connectivity index (χ3v) is 3.35. The van der Waals surface area contributed by atoms with Crippen molar-refractivity contribution < 1.29 is 0 Å². The van der Waals surface area contributed by atoms with Gasteiger partial charge in [-0.2, -0.15) is 10.2 Å². The molecule has 0 spiro atoms. The summed E-state index contributed by atoms with van der Waals surface area (Å²) in [5.41, 5.74) is 2.89. The molecule has 15 heavy (non-hydrogen) atoms. The largest absolute Gasteiger partial charge is 0.183 e. The lowest BCUT2D eigenvalue weighted by Gasteiger charge is -2.02. The van der Waals surface area contributed by atoms with Crippen molar-refractivity contribution in [2.75, 3.05) is 0 Å². The summed E-state index contributed by atoms with van der Waals surface area (Å²) in [5, 5.41) is 17.1. The van der Waals surface area contributed by atoms with Gasteiger partial charge in [0.15, 0.2) is 8.92 Å². The van der Waals surface area contributed by atoms with Crippen LogP contribution in [0.1, 0.15) is 18.3 Å². The molecule has 0 bridgehead atoms. The Bertz CT molecular complexity index is 483. The first-order valence-electron chi connectivity index (χ1n) is 4.53. The van der Waals surface area contributed by atoms with E-state index in [1.54, 1.807) is 0 Å². The predicted octanol–water partition coefficient (Wildman–Crippen LogP) is 2.63. The zero-order valence-corrected chi connectivity index (χ0v) is 10.8. The van der Waals surface area contributed by atoms with Crippen LogP contribution in [0, 0.1) is 6.92 Å². The number of aromatic nitrogens is 4. The van der Waals surface area contributed by atoms with Crippen molar-refractivity contribution in [1.29, 1.82) is 0 Å². The first kappa shape index (κ1) is 10.6. The average Bonchev–Trinajstić information content (AvgIpc) is 2.65. The smallest absolute Gasteiger partial charge is 0.156 e. The summed E-state index contributed by atoms with van der Waals surface area (Å²) in [5.74, 6) is 0. The Kier molecular flexibility index (Phi) is 3.06. The Balaban J connectivity index is 2.55. The molecule has 0 saturated carbocycles. The van der Waals surface area contributed by atoms with Crippen LogP contribution >= 0.6 is 27.3 Å². The van der Waals surface area contributed by atoms with E-state index in [0.29, 0.717) is 0 Å². The van der Waals surface area contributed by atoms with Crippen molar-refractivity contribution in [2.24, 2.45) is 0 Å². The highest BCUT2D eigenvalue weighted by Gasteiger charge is 2.11. The molecule has 6 heteroatoms. The van der Waals surface area contributed by atoms with E-state index in [0.717, 1.165) is 32.3 Å². The lowest BCUT2D eigenvalue weighted by molar-refractivity contribution is 0.894. The van der Waals surface area contributed by atoms with Crippen LogP contribution in [0.4, 0.5) is 0 Å². The quantitative estimate of drug-likeness (QED) is 0.851. The Labute approximate surface area is 99.9 Å². The highest BCUT2D eigenvalue weighted by molar-refractivity contribution is 9.11. The van der Waals surface area contributed by atoms with Crippen molar-refractivity contribution in [1.82, 2.24) is 20.4 Å². The van der Waals surface area contributed by atoms with Gasteiger partial charge in [-0.15, -0.1) is 10.2 Å². The Hall–Kier alpha value is -0.880. The lowest BCUT2D eigenvalue weighted by Crippen LogP contribution is -1.97. The summed E-state index contributed by atoms with van der Waals surface area (Å²) in [6.07, 6.45) is 0.847. The summed E-state index contributed by atoms with van der Waals surface area (Å²) in [4.78, 5) is 0. The van der Waals surface area contributed by atoms with E-state index >= 15 is 0 Å². The lowest BCUT2D eigenvalue weighted by atomic mass is 10.1. The second-order valence-electron chi connectivity index (χ2n) is 3.06. The van der Waals surface area contributed by atoms with Gasteiger partial charge in [-0.05, 0) is 35.3 Å². The normalized spacial score (nSPS) is 10.6. The van der Waals surface area contributed by atoms with E-state index < -0.39 is 0 Å². The third-order valence-electron chi connectivity index (χ3n) is 1.96. The number of nitrogens with zero attached hydrogens (tertiary/aromatic N) is 4. The number of halogens is 1. The van der Waals surface area contributed by atoms with Crippen molar-refractivity contribution in [3.05, 3.63) is 21.4 Å². The number of hydrogen-bond donors (Lipinski definition) is 0. The minimum absolute atomic E-state index is 0.786. The minimum atomic E-state index is 0.786. The molecule has 0 aliphatic carbocycles. The summed E-state index contributed by atoms with van der Waals surface area (Å²) >= 11 is 4.81. The first-order chi connectivity index (χ1) is 7.20. The van der Waals surface area contributed by atoms with Crippen LogP contribution in [0.2, 0.25) is 0 Å². The molecular weight excluding hydrogens is 276 g/mol. The van der Waals surface area contributed by atoms with Crippen molar-refractivity contribution in [2.45, 2.75) is 20.3 Å².